The molecule has 0 aliphatic rings. The third-order valence-corrected chi connectivity index (χ3v) is 2.85. The molecule has 0 aliphatic heterocycles. The van der Waals surface area contributed by atoms with Gasteiger partial charge in [-0.15, -0.1) is 0 Å². The summed E-state index contributed by atoms with van der Waals surface area (Å²) in [5.41, 5.74) is 1.14. The quantitative estimate of drug-likeness (QED) is 0.788. The summed E-state index contributed by atoms with van der Waals surface area (Å²) in [6, 6.07) is 10.1. The van der Waals surface area contributed by atoms with E-state index in [-0.39, 0.29) is 6.03 Å². The van der Waals surface area contributed by atoms with Crippen LogP contribution in [0.25, 0.3) is 0 Å². The van der Waals surface area contributed by atoms with Gasteiger partial charge in [0.25, 0.3) is 0 Å². The largest absolute Gasteiger partial charge is 0.334 e. The van der Waals surface area contributed by atoms with Crippen molar-refractivity contribution < 1.29 is 4.79 Å². The Kier molecular flexibility index (Phi) is 6.92. The molecule has 0 atom stereocenters. The molecule has 3 nitrogen and oxygen atoms in total. The van der Waals surface area contributed by atoms with E-state index in [0.717, 1.165) is 37.9 Å². The Balaban J connectivity index is 2.40. The van der Waals surface area contributed by atoms with E-state index in [0.29, 0.717) is 6.54 Å². The maximum Gasteiger partial charge on any atom is 0.317 e. The molecule has 18 heavy (non-hydrogen) atoms. The maximum absolute atomic E-state index is 12.0. The zero-order valence-electron chi connectivity index (χ0n) is 11.5. The van der Waals surface area contributed by atoms with Crippen LogP contribution in [0, 0.1) is 0 Å². The zero-order valence-corrected chi connectivity index (χ0v) is 11.5. The molecule has 0 aromatic heterocycles. The monoisotopic (exact) mass is 248 g/mol. The molecule has 0 bridgehead atoms. The molecular weight excluding hydrogens is 224 g/mol. The number of carbonyl (C=O) groups excluding carboxylic acids is 1. The fraction of sp³-hybridized carbons (Fsp3) is 0.533. The predicted octanol–water partition coefficient (Wildman–Crippen LogP) is 3.41. The molecule has 0 heterocycles. The third kappa shape index (κ3) is 5.21. The molecule has 1 N–H and O–H groups in total. The first-order chi connectivity index (χ1) is 8.77. The van der Waals surface area contributed by atoms with Crippen LogP contribution in [0.5, 0.6) is 0 Å². The Bertz CT molecular complexity index is 338. The van der Waals surface area contributed by atoms with Gasteiger partial charge < -0.3 is 10.2 Å². The van der Waals surface area contributed by atoms with Crippen LogP contribution in [0.15, 0.2) is 30.3 Å². The number of nitrogens with zero attached hydrogens (tertiary/aromatic N) is 1. The molecule has 1 aromatic rings. The van der Waals surface area contributed by atoms with E-state index in [9.17, 15) is 4.79 Å². The van der Waals surface area contributed by atoms with Crippen molar-refractivity contribution in [1.82, 2.24) is 10.2 Å². The van der Waals surface area contributed by atoms with Crippen molar-refractivity contribution in [3.8, 4) is 0 Å². The summed E-state index contributed by atoms with van der Waals surface area (Å²) in [4.78, 5) is 13.9. The minimum absolute atomic E-state index is 0.0501. The Morgan fingerprint density at radius 1 is 1.11 bits per heavy atom. The average Bonchev–Trinajstić information content (AvgIpc) is 2.42. The summed E-state index contributed by atoms with van der Waals surface area (Å²) in [5, 5.41) is 2.98. The highest BCUT2D eigenvalue weighted by atomic mass is 16.2. The summed E-state index contributed by atoms with van der Waals surface area (Å²) >= 11 is 0. The van der Waals surface area contributed by atoms with Gasteiger partial charge in [0.15, 0.2) is 0 Å². The number of unbranched alkanes of at least 4 members (excludes halogenated alkanes) is 1. The Labute approximate surface area is 110 Å². The molecule has 0 unspecified atom stereocenters. The van der Waals surface area contributed by atoms with Crippen molar-refractivity contribution in [3.05, 3.63) is 35.9 Å². The van der Waals surface area contributed by atoms with E-state index in [1.807, 2.05) is 35.2 Å². The first-order valence-electron chi connectivity index (χ1n) is 6.84. The number of nitrogens with one attached hydrogen (secondary N) is 1. The first-order valence-corrected chi connectivity index (χ1v) is 6.84. The first kappa shape index (κ1) is 14.6. The summed E-state index contributed by atoms with van der Waals surface area (Å²) in [5.74, 6) is 0. The van der Waals surface area contributed by atoms with Gasteiger partial charge in [-0.1, -0.05) is 50.6 Å². The minimum atomic E-state index is 0.0501. The van der Waals surface area contributed by atoms with Gasteiger partial charge in [0.2, 0.25) is 0 Å². The van der Waals surface area contributed by atoms with E-state index in [4.69, 9.17) is 0 Å². The number of hydrogen-bond donors (Lipinski definition) is 1. The van der Waals surface area contributed by atoms with Crippen LogP contribution in [-0.4, -0.2) is 24.0 Å². The van der Waals surface area contributed by atoms with E-state index in [1.54, 1.807) is 0 Å². The van der Waals surface area contributed by atoms with Crippen LogP contribution in [0.2, 0.25) is 0 Å². The van der Waals surface area contributed by atoms with E-state index in [2.05, 4.69) is 19.2 Å². The molecule has 0 spiro atoms. The zero-order chi connectivity index (χ0) is 13.2. The Hall–Kier alpha value is -1.51. The molecule has 0 aliphatic carbocycles. The fourth-order valence-electron chi connectivity index (χ4n) is 1.82. The van der Waals surface area contributed by atoms with Crippen LogP contribution in [0.3, 0.4) is 0 Å². The number of benzene rings is 1. The minimum Gasteiger partial charge on any atom is -0.334 e. The SMILES string of the molecule is CCCCN(CCC)C(=O)NCc1ccccc1. The Morgan fingerprint density at radius 3 is 2.44 bits per heavy atom. The molecule has 1 rings (SSSR count). The van der Waals surface area contributed by atoms with Crippen LogP contribution in [0.4, 0.5) is 4.79 Å². The van der Waals surface area contributed by atoms with Crippen molar-refractivity contribution in [2.75, 3.05) is 13.1 Å². The summed E-state index contributed by atoms with van der Waals surface area (Å²) in [7, 11) is 0. The lowest BCUT2D eigenvalue weighted by Crippen LogP contribution is -2.40. The van der Waals surface area contributed by atoms with Crippen molar-refractivity contribution in [2.24, 2.45) is 0 Å². The molecule has 0 radical (unpaired) electrons. The van der Waals surface area contributed by atoms with E-state index >= 15 is 0 Å². The molecule has 100 valence electrons. The number of carbonyl (C=O) groups is 1. The second-order valence-electron chi connectivity index (χ2n) is 4.48. The second kappa shape index (κ2) is 8.56. The molecule has 0 fully saturated rings. The summed E-state index contributed by atoms with van der Waals surface area (Å²) < 4.78 is 0. The van der Waals surface area contributed by atoms with Gasteiger partial charge in [0.1, 0.15) is 0 Å². The molecule has 0 saturated heterocycles. The molecule has 0 saturated carbocycles. The second-order valence-corrected chi connectivity index (χ2v) is 4.48. The van der Waals surface area contributed by atoms with Gasteiger partial charge in [0, 0.05) is 19.6 Å². The van der Waals surface area contributed by atoms with Crippen LogP contribution >= 0.6 is 0 Å². The van der Waals surface area contributed by atoms with Gasteiger partial charge in [-0.05, 0) is 18.4 Å². The van der Waals surface area contributed by atoms with Gasteiger partial charge in [-0.2, -0.15) is 0 Å². The normalized spacial score (nSPS) is 10.1. The highest BCUT2D eigenvalue weighted by Crippen LogP contribution is 2.01. The number of amides is 2. The average molecular weight is 248 g/mol. The van der Waals surface area contributed by atoms with Gasteiger partial charge >= 0.3 is 6.03 Å². The van der Waals surface area contributed by atoms with Crippen molar-refractivity contribution in [1.29, 1.82) is 0 Å². The highest BCUT2D eigenvalue weighted by Gasteiger charge is 2.10. The number of rotatable bonds is 7. The lowest BCUT2D eigenvalue weighted by atomic mass is 10.2. The predicted molar refractivity (Wildman–Crippen MR) is 75.4 cm³/mol. The molecule has 1 aromatic carbocycles. The van der Waals surface area contributed by atoms with Crippen LogP contribution in [0.1, 0.15) is 38.7 Å². The number of urea groups is 1. The van der Waals surface area contributed by atoms with Crippen LogP contribution < -0.4 is 5.32 Å². The topological polar surface area (TPSA) is 32.3 Å². The van der Waals surface area contributed by atoms with E-state index in [1.165, 1.54) is 0 Å². The smallest absolute Gasteiger partial charge is 0.317 e. The maximum atomic E-state index is 12.0. The number of hydrogen-bond acceptors (Lipinski definition) is 1. The third-order valence-electron chi connectivity index (χ3n) is 2.85. The van der Waals surface area contributed by atoms with Crippen LogP contribution in [-0.2, 0) is 6.54 Å². The Morgan fingerprint density at radius 2 is 1.83 bits per heavy atom. The lowest BCUT2D eigenvalue weighted by molar-refractivity contribution is 0.196. The lowest BCUT2D eigenvalue weighted by Gasteiger charge is -2.22. The van der Waals surface area contributed by atoms with Crippen molar-refractivity contribution in [2.45, 2.75) is 39.7 Å². The summed E-state index contributed by atoms with van der Waals surface area (Å²) in [6.45, 7) is 6.53. The fourth-order valence-corrected chi connectivity index (χ4v) is 1.82. The van der Waals surface area contributed by atoms with Gasteiger partial charge in [0.05, 0.1) is 0 Å². The van der Waals surface area contributed by atoms with Crippen molar-refractivity contribution in [3.63, 3.8) is 0 Å². The van der Waals surface area contributed by atoms with Gasteiger partial charge in [-0.25, -0.2) is 4.79 Å². The summed E-state index contributed by atoms with van der Waals surface area (Å²) in [6.07, 6.45) is 3.19. The van der Waals surface area contributed by atoms with Gasteiger partial charge in [-0.3, -0.25) is 0 Å². The van der Waals surface area contributed by atoms with Crippen molar-refractivity contribution >= 4 is 6.03 Å². The molecular formula is C15H24N2O. The molecule has 3 heteroatoms. The van der Waals surface area contributed by atoms with E-state index < -0.39 is 0 Å². The molecule has 2 amide bonds. The standard InChI is InChI=1S/C15H24N2O/c1-3-5-12-17(11-4-2)15(18)16-13-14-9-7-6-8-10-14/h6-10H,3-5,11-13H2,1-2H3,(H,16,18). The highest BCUT2D eigenvalue weighted by molar-refractivity contribution is 5.74.